The van der Waals surface area contributed by atoms with Crippen LogP contribution in [0.25, 0.3) is 5.69 Å². The van der Waals surface area contributed by atoms with Crippen molar-refractivity contribution in [1.29, 1.82) is 0 Å². The molecule has 1 aliphatic heterocycles. The number of rotatable bonds is 6. The van der Waals surface area contributed by atoms with Gasteiger partial charge in [-0.15, -0.1) is 0 Å². The highest BCUT2D eigenvalue weighted by molar-refractivity contribution is 5.94. The lowest BCUT2D eigenvalue weighted by molar-refractivity contribution is -0.122. The Morgan fingerprint density at radius 2 is 1.58 bits per heavy atom. The SMILES string of the molecule is O=C(CN1CCN(C(=O)c2nn(-c3ccccc3)c3c2CCC3)CC1)NCc1ccccc1. The van der Waals surface area contributed by atoms with Crippen molar-refractivity contribution in [3.63, 3.8) is 0 Å². The van der Waals surface area contributed by atoms with Crippen molar-refractivity contribution >= 4 is 11.8 Å². The summed E-state index contributed by atoms with van der Waals surface area (Å²) in [6, 6.07) is 19.9. The zero-order chi connectivity index (χ0) is 22.6. The molecule has 170 valence electrons. The first-order chi connectivity index (χ1) is 16.2. The van der Waals surface area contributed by atoms with Crippen LogP contribution in [0.5, 0.6) is 0 Å². The van der Waals surface area contributed by atoms with Crippen LogP contribution in [-0.4, -0.2) is 64.1 Å². The molecule has 0 radical (unpaired) electrons. The molecule has 5 rings (SSSR count). The maximum absolute atomic E-state index is 13.3. The number of aromatic nitrogens is 2. The van der Waals surface area contributed by atoms with Crippen LogP contribution in [0.15, 0.2) is 60.7 Å². The van der Waals surface area contributed by atoms with Crippen molar-refractivity contribution in [2.75, 3.05) is 32.7 Å². The van der Waals surface area contributed by atoms with Gasteiger partial charge in [0, 0.05) is 44.0 Å². The highest BCUT2D eigenvalue weighted by atomic mass is 16.2. The van der Waals surface area contributed by atoms with E-state index in [9.17, 15) is 9.59 Å². The zero-order valence-corrected chi connectivity index (χ0v) is 18.7. The number of carbonyl (C=O) groups is 2. The fourth-order valence-corrected chi connectivity index (χ4v) is 4.71. The second-order valence-corrected chi connectivity index (χ2v) is 8.71. The molecule has 2 aliphatic rings. The fourth-order valence-electron chi connectivity index (χ4n) is 4.71. The number of carbonyl (C=O) groups excluding carboxylic acids is 2. The molecule has 1 aliphatic carbocycles. The first-order valence-electron chi connectivity index (χ1n) is 11.7. The van der Waals surface area contributed by atoms with Gasteiger partial charge < -0.3 is 10.2 Å². The van der Waals surface area contributed by atoms with E-state index in [1.807, 2.05) is 70.2 Å². The lowest BCUT2D eigenvalue weighted by Crippen LogP contribution is -2.51. The van der Waals surface area contributed by atoms with Gasteiger partial charge in [-0.05, 0) is 37.0 Å². The van der Waals surface area contributed by atoms with Gasteiger partial charge >= 0.3 is 0 Å². The molecule has 0 unspecified atom stereocenters. The van der Waals surface area contributed by atoms with Gasteiger partial charge in [0.15, 0.2) is 5.69 Å². The normalized spacial score (nSPS) is 15.9. The molecule has 0 atom stereocenters. The molecule has 1 aromatic heterocycles. The van der Waals surface area contributed by atoms with E-state index in [-0.39, 0.29) is 11.8 Å². The maximum Gasteiger partial charge on any atom is 0.274 e. The van der Waals surface area contributed by atoms with E-state index in [2.05, 4.69) is 10.2 Å². The second-order valence-electron chi connectivity index (χ2n) is 8.71. The fraction of sp³-hybridized carbons (Fsp3) is 0.346. The number of piperazine rings is 1. The first kappa shape index (κ1) is 21.4. The minimum atomic E-state index is 0.0102. The number of para-hydroxylation sites is 1. The molecular formula is C26H29N5O2. The lowest BCUT2D eigenvalue weighted by Gasteiger charge is -2.34. The molecular weight excluding hydrogens is 414 g/mol. The van der Waals surface area contributed by atoms with Crippen LogP contribution in [0.4, 0.5) is 0 Å². The molecule has 2 heterocycles. The third-order valence-electron chi connectivity index (χ3n) is 6.49. The van der Waals surface area contributed by atoms with Crippen LogP contribution in [0.3, 0.4) is 0 Å². The summed E-state index contributed by atoms with van der Waals surface area (Å²) in [6.07, 6.45) is 2.92. The smallest absolute Gasteiger partial charge is 0.274 e. The molecule has 33 heavy (non-hydrogen) atoms. The van der Waals surface area contributed by atoms with Crippen molar-refractivity contribution in [1.82, 2.24) is 24.9 Å². The Morgan fingerprint density at radius 1 is 0.879 bits per heavy atom. The highest BCUT2D eigenvalue weighted by Gasteiger charge is 2.31. The van der Waals surface area contributed by atoms with E-state index in [0.29, 0.717) is 45.0 Å². The third kappa shape index (κ3) is 4.68. The Labute approximate surface area is 194 Å². The van der Waals surface area contributed by atoms with Crippen LogP contribution >= 0.6 is 0 Å². The highest BCUT2D eigenvalue weighted by Crippen LogP contribution is 2.28. The van der Waals surface area contributed by atoms with E-state index in [1.54, 1.807) is 0 Å². The summed E-state index contributed by atoms with van der Waals surface area (Å²) < 4.78 is 1.95. The van der Waals surface area contributed by atoms with Gasteiger partial charge in [-0.3, -0.25) is 14.5 Å². The van der Waals surface area contributed by atoms with Crippen molar-refractivity contribution in [2.24, 2.45) is 0 Å². The monoisotopic (exact) mass is 443 g/mol. The maximum atomic E-state index is 13.3. The minimum absolute atomic E-state index is 0.0102. The average molecular weight is 444 g/mol. The summed E-state index contributed by atoms with van der Waals surface area (Å²) in [5, 5.41) is 7.72. The third-order valence-corrected chi connectivity index (χ3v) is 6.49. The number of nitrogens with zero attached hydrogens (tertiary/aromatic N) is 4. The topological polar surface area (TPSA) is 70.5 Å². The lowest BCUT2D eigenvalue weighted by atomic mass is 10.1. The summed E-state index contributed by atoms with van der Waals surface area (Å²) in [5.74, 6) is 0.0223. The van der Waals surface area contributed by atoms with Gasteiger partial charge in [0.2, 0.25) is 5.91 Å². The van der Waals surface area contributed by atoms with E-state index >= 15 is 0 Å². The molecule has 2 amide bonds. The van der Waals surface area contributed by atoms with Crippen molar-refractivity contribution in [3.8, 4) is 5.69 Å². The van der Waals surface area contributed by atoms with Crippen molar-refractivity contribution in [3.05, 3.63) is 83.2 Å². The molecule has 3 aromatic rings. The van der Waals surface area contributed by atoms with Gasteiger partial charge in [-0.1, -0.05) is 48.5 Å². The summed E-state index contributed by atoms with van der Waals surface area (Å²) >= 11 is 0. The van der Waals surface area contributed by atoms with E-state index in [0.717, 1.165) is 36.1 Å². The van der Waals surface area contributed by atoms with Crippen molar-refractivity contribution < 1.29 is 9.59 Å². The Bertz CT molecular complexity index is 1120. The van der Waals surface area contributed by atoms with Crippen LogP contribution in [0, 0.1) is 0 Å². The van der Waals surface area contributed by atoms with Crippen LogP contribution in [0.1, 0.15) is 33.7 Å². The molecule has 7 nitrogen and oxygen atoms in total. The van der Waals surface area contributed by atoms with E-state index < -0.39 is 0 Å². The Hall–Kier alpha value is -3.45. The molecule has 0 saturated carbocycles. The predicted molar refractivity (Wildman–Crippen MR) is 126 cm³/mol. The van der Waals surface area contributed by atoms with Gasteiger partial charge in [-0.25, -0.2) is 4.68 Å². The molecule has 0 bridgehead atoms. The molecule has 1 fully saturated rings. The number of nitrogens with one attached hydrogen (secondary N) is 1. The number of hydrogen-bond donors (Lipinski definition) is 1. The minimum Gasteiger partial charge on any atom is -0.351 e. The number of fused-ring (bicyclic) bond motifs is 1. The number of hydrogen-bond acceptors (Lipinski definition) is 4. The number of benzene rings is 2. The number of amides is 2. The first-order valence-corrected chi connectivity index (χ1v) is 11.7. The zero-order valence-electron chi connectivity index (χ0n) is 18.7. The summed E-state index contributed by atoms with van der Waals surface area (Å²) in [5.41, 5.74) is 4.95. The Balaban J connectivity index is 1.18. The summed E-state index contributed by atoms with van der Waals surface area (Å²) in [6.45, 7) is 3.48. The Morgan fingerprint density at radius 3 is 2.30 bits per heavy atom. The summed E-state index contributed by atoms with van der Waals surface area (Å²) in [7, 11) is 0. The molecule has 2 aromatic carbocycles. The van der Waals surface area contributed by atoms with Crippen molar-refractivity contribution in [2.45, 2.75) is 25.8 Å². The van der Waals surface area contributed by atoms with Crippen LogP contribution < -0.4 is 5.32 Å². The van der Waals surface area contributed by atoms with Gasteiger partial charge in [-0.2, -0.15) is 5.10 Å². The molecule has 7 heteroatoms. The van der Waals surface area contributed by atoms with E-state index in [4.69, 9.17) is 5.10 Å². The van der Waals surface area contributed by atoms with E-state index in [1.165, 1.54) is 5.69 Å². The second kappa shape index (κ2) is 9.58. The van der Waals surface area contributed by atoms with Crippen LogP contribution in [0.2, 0.25) is 0 Å². The largest absolute Gasteiger partial charge is 0.351 e. The van der Waals surface area contributed by atoms with Gasteiger partial charge in [0.25, 0.3) is 5.91 Å². The predicted octanol–water partition coefficient (Wildman–Crippen LogP) is 2.44. The van der Waals surface area contributed by atoms with Crippen LogP contribution in [-0.2, 0) is 24.2 Å². The van der Waals surface area contributed by atoms with Gasteiger partial charge in [0.1, 0.15) is 0 Å². The van der Waals surface area contributed by atoms with Gasteiger partial charge in [0.05, 0.1) is 12.2 Å². The average Bonchev–Trinajstić information content (AvgIpc) is 3.47. The summed E-state index contributed by atoms with van der Waals surface area (Å²) in [4.78, 5) is 29.7. The molecule has 1 N–H and O–H groups in total. The quantitative estimate of drug-likeness (QED) is 0.635. The Kier molecular flexibility index (Phi) is 6.21. The molecule has 1 saturated heterocycles. The molecule has 0 spiro atoms. The standard InChI is InChI=1S/C26H29N5O2/c32-24(27-18-20-8-3-1-4-9-20)19-29-14-16-30(17-15-29)26(33)25-22-12-7-13-23(22)31(28-25)21-10-5-2-6-11-21/h1-6,8-11H,7,12-19H2,(H,27,32).